The van der Waals surface area contributed by atoms with Gasteiger partial charge in [0.1, 0.15) is 11.4 Å². The number of ether oxygens (including phenoxy) is 1. The van der Waals surface area contributed by atoms with Crippen molar-refractivity contribution in [1.82, 2.24) is 19.9 Å². The molecule has 1 unspecified atom stereocenters. The monoisotopic (exact) mass is 479 g/mol. The maximum atomic E-state index is 11.1. The second-order valence-electron chi connectivity index (χ2n) is 10.9. The molecule has 0 spiro atoms. The molecule has 3 fully saturated rings. The number of nitrogens with one attached hydrogen (secondary N) is 1. The Hall–Kier alpha value is -2.65. The van der Waals surface area contributed by atoms with Crippen LogP contribution in [0.4, 0.5) is 23.3 Å². The van der Waals surface area contributed by atoms with Gasteiger partial charge in [-0.2, -0.15) is 4.98 Å². The van der Waals surface area contributed by atoms with Gasteiger partial charge in [0.15, 0.2) is 17.8 Å². The average Bonchev–Trinajstić information content (AvgIpc) is 3.35. The van der Waals surface area contributed by atoms with E-state index in [1.165, 1.54) is 32.1 Å². The molecule has 6 rings (SSSR count). The summed E-state index contributed by atoms with van der Waals surface area (Å²) in [7, 11) is 0. The molecule has 2 aromatic heterocycles. The molecular weight excluding hydrogens is 442 g/mol. The molecule has 2 aliphatic carbocycles. The fraction of sp³-hybridized carbons (Fsp3) is 0.654. The number of rotatable bonds is 5. The Kier molecular flexibility index (Phi) is 5.92. The van der Waals surface area contributed by atoms with E-state index < -0.39 is 11.8 Å². The second-order valence-corrected chi connectivity index (χ2v) is 10.9. The van der Waals surface area contributed by atoms with Crippen molar-refractivity contribution in [3.8, 4) is 5.75 Å². The first kappa shape index (κ1) is 22.8. The van der Waals surface area contributed by atoms with Crippen LogP contribution in [0.15, 0.2) is 24.5 Å². The molecular formula is C26H37N7O2. The molecule has 2 saturated carbocycles. The lowest BCUT2D eigenvalue weighted by atomic mass is 9.91. The summed E-state index contributed by atoms with van der Waals surface area (Å²) in [5.74, 6) is 2.42. The Balaban J connectivity index is 1.15. The highest BCUT2D eigenvalue weighted by Gasteiger charge is 2.45. The molecule has 4 heterocycles. The van der Waals surface area contributed by atoms with Gasteiger partial charge in [-0.3, -0.25) is 4.90 Å². The zero-order valence-corrected chi connectivity index (χ0v) is 20.9. The molecule has 2 aromatic rings. The third-order valence-electron chi connectivity index (χ3n) is 8.22. The lowest BCUT2D eigenvalue weighted by Gasteiger charge is -2.46. The van der Waals surface area contributed by atoms with Crippen molar-refractivity contribution >= 4 is 23.3 Å². The smallest absolute Gasteiger partial charge is 0.230 e. The SMILES string of the molecule is CC1(C)Oc2cnc(Nc3ccc(N4CCN(C5CCC5)CC4)cn3)nc2N(C2CCCC2)C1O. The largest absolute Gasteiger partial charge is 0.478 e. The van der Waals surface area contributed by atoms with Crippen molar-refractivity contribution in [2.45, 2.75) is 82.7 Å². The third-order valence-corrected chi connectivity index (χ3v) is 8.22. The van der Waals surface area contributed by atoms with Crippen LogP contribution in [-0.2, 0) is 0 Å². The van der Waals surface area contributed by atoms with Gasteiger partial charge in [0.2, 0.25) is 5.95 Å². The van der Waals surface area contributed by atoms with Crippen LogP contribution in [0, 0.1) is 0 Å². The standard InChI is InChI=1S/C26H37N7O2/c1-26(2)24(34)33(19-6-3-4-7-19)23-21(35-26)17-28-25(30-23)29-22-11-10-20(16-27-22)32-14-12-31(13-15-32)18-8-5-9-18/h10-11,16-19,24,34H,3-9,12-15H2,1-2H3,(H,27,28,29,30). The van der Waals surface area contributed by atoms with E-state index in [2.05, 4.69) is 31.2 Å². The summed E-state index contributed by atoms with van der Waals surface area (Å²) in [6.45, 7) is 8.19. The molecule has 2 aliphatic heterocycles. The van der Waals surface area contributed by atoms with E-state index in [0.717, 1.165) is 50.7 Å². The molecule has 9 nitrogen and oxygen atoms in total. The zero-order chi connectivity index (χ0) is 24.0. The van der Waals surface area contributed by atoms with Gasteiger partial charge in [-0.15, -0.1) is 0 Å². The summed E-state index contributed by atoms with van der Waals surface area (Å²) in [5.41, 5.74) is 0.426. The highest BCUT2D eigenvalue weighted by Crippen LogP contribution is 2.42. The number of anilines is 4. The van der Waals surface area contributed by atoms with Crippen LogP contribution in [0.25, 0.3) is 0 Å². The zero-order valence-electron chi connectivity index (χ0n) is 20.9. The predicted octanol–water partition coefficient (Wildman–Crippen LogP) is 3.53. The summed E-state index contributed by atoms with van der Waals surface area (Å²) in [6.07, 6.45) is 11.5. The Morgan fingerprint density at radius 3 is 2.34 bits per heavy atom. The number of piperazine rings is 1. The molecule has 0 aromatic carbocycles. The lowest BCUT2D eigenvalue weighted by molar-refractivity contribution is -0.0459. The Morgan fingerprint density at radius 2 is 1.69 bits per heavy atom. The summed E-state index contributed by atoms with van der Waals surface area (Å²) in [4.78, 5) is 21.0. The minimum absolute atomic E-state index is 0.261. The number of pyridine rings is 1. The first-order chi connectivity index (χ1) is 17.0. The predicted molar refractivity (Wildman–Crippen MR) is 136 cm³/mol. The molecule has 0 radical (unpaired) electrons. The first-order valence-corrected chi connectivity index (χ1v) is 13.2. The van der Waals surface area contributed by atoms with Crippen molar-refractivity contribution < 1.29 is 9.84 Å². The van der Waals surface area contributed by atoms with Gasteiger partial charge in [-0.1, -0.05) is 19.3 Å². The van der Waals surface area contributed by atoms with Crippen LogP contribution in [0.1, 0.15) is 58.8 Å². The average molecular weight is 480 g/mol. The molecule has 2 N–H and O–H groups in total. The van der Waals surface area contributed by atoms with Crippen LogP contribution in [0.2, 0.25) is 0 Å². The summed E-state index contributed by atoms with van der Waals surface area (Å²) in [6, 6.07) is 5.18. The van der Waals surface area contributed by atoms with Gasteiger partial charge in [0.25, 0.3) is 0 Å². The quantitative estimate of drug-likeness (QED) is 0.668. The highest BCUT2D eigenvalue weighted by molar-refractivity contribution is 5.61. The molecule has 0 amide bonds. The highest BCUT2D eigenvalue weighted by atomic mass is 16.5. The Labute approximate surface area is 207 Å². The van der Waals surface area contributed by atoms with Gasteiger partial charge >= 0.3 is 0 Å². The Bertz CT molecular complexity index is 1030. The van der Waals surface area contributed by atoms with Crippen LogP contribution in [0.5, 0.6) is 5.75 Å². The van der Waals surface area contributed by atoms with Crippen molar-refractivity contribution in [1.29, 1.82) is 0 Å². The van der Waals surface area contributed by atoms with Crippen molar-refractivity contribution in [3.63, 3.8) is 0 Å². The Morgan fingerprint density at radius 1 is 0.943 bits per heavy atom. The van der Waals surface area contributed by atoms with Crippen LogP contribution in [-0.4, -0.2) is 75.1 Å². The fourth-order valence-corrected chi connectivity index (χ4v) is 5.88. The number of aliphatic hydroxyl groups is 1. The number of nitrogens with zero attached hydrogens (tertiary/aromatic N) is 6. The summed E-state index contributed by atoms with van der Waals surface area (Å²) < 4.78 is 6.07. The lowest BCUT2D eigenvalue weighted by Crippen LogP contribution is -2.59. The van der Waals surface area contributed by atoms with Crippen LogP contribution < -0.4 is 19.9 Å². The molecule has 1 atom stereocenters. The van der Waals surface area contributed by atoms with E-state index in [1.807, 2.05) is 31.0 Å². The number of aromatic nitrogens is 3. The van der Waals surface area contributed by atoms with Gasteiger partial charge < -0.3 is 25.0 Å². The third kappa shape index (κ3) is 4.40. The van der Waals surface area contributed by atoms with Gasteiger partial charge in [0, 0.05) is 38.3 Å². The number of hydrogen-bond donors (Lipinski definition) is 2. The number of aliphatic hydroxyl groups excluding tert-OH is 1. The molecule has 4 aliphatic rings. The van der Waals surface area contributed by atoms with Crippen molar-refractivity contribution in [2.24, 2.45) is 0 Å². The molecule has 1 saturated heterocycles. The fourth-order valence-electron chi connectivity index (χ4n) is 5.88. The van der Waals surface area contributed by atoms with E-state index in [9.17, 15) is 5.11 Å². The van der Waals surface area contributed by atoms with E-state index in [4.69, 9.17) is 9.72 Å². The van der Waals surface area contributed by atoms with E-state index in [1.54, 1.807) is 6.20 Å². The van der Waals surface area contributed by atoms with E-state index in [-0.39, 0.29) is 6.04 Å². The maximum Gasteiger partial charge on any atom is 0.230 e. The van der Waals surface area contributed by atoms with E-state index in [0.29, 0.717) is 23.3 Å². The van der Waals surface area contributed by atoms with E-state index >= 15 is 0 Å². The molecule has 0 bridgehead atoms. The molecule has 9 heteroatoms. The number of hydrogen-bond acceptors (Lipinski definition) is 9. The van der Waals surface area contributed by atoms with Gasteiger partial charge in [-0.25, -0.2) is 9.97 Å². The first-order valence-electron chi connectivity index (χ1n) is 13.2. The molecule has 188 valence electrons. The van der Waals surface area contributed by atoms with Gasteiger partial charge in [0.05, 0.1) is 18.1 Å². The summed E-state index contributed by atoms with van der Waals surface area (Å²) >= 11 is 0. The topological polar surface area (TPSA) is 89.9 Å². The minimum atomic E-state index is -0.761. The normalized spacial score (nSPS) is 25.2. The van der Waals surface area contributed by atoms with Crippen LogP contribution in [0.3, 0.4) is 0 Å². The minimum Gasteiger partial charge on any atom is -0.478 e. The van der Waals surface area contributed by atoms with Crippen molar-refractivity contribution in [3.05, 3.63) is 24.5 Å². The maximum absolute atomic E-state index is 11.1. The van der Waals surface area contributed by atoms with Crippen LogP contribution >= 0.6 is 0 Å². The van der Waals surface area contributed by atoms with Crippen molar-refractivity contribution in [2.75, 3.05) is 41.3 Å². The second kappa shape index (κ2) is 9.09. The summed E-state index contributed by atoms with van der Waals surface area (Å²) in [5, 5.41) is 14.3. The van der Waals surface area contributed by atoms with Gasteiger partial charge in [-0.05, 0) is 51.7 Å². The number of fused-ring (bicyclic) bond motifs is 1. The molecule has 35 heavy (non-hydrogen) atoms.